The summed E-state index contributed by atoms with van der Waals surface area (Å²) < 4.78 is 15.5. The van der Waals surface area contributed by atoms with Crippen molar-refractivity contribution in [1.82, 2.24) is 0 Å². The molecule has 122 valence electrons. The maximum absolute atomic E-state index is 11.8. The highest BCUT2D eigenvalue weighted by molar-refractivity contribution is 6.01. The zero-order chi connectivity index (χ0) is 16.2. The topological polar surface area (TPSA) is 84.9 Å². The van der Waals surface area contributed by atoms with Crippen LogP contribution in [0.2, 0.25) is 0 Å². The molecule has 1 aromatic rings. The number of hydrogen-bond acceptors (Lipinski definition) is 6. The molecule has 0 aromatic heterocycles. The molecule has 1 rings (SSSR count). The first-order valence-electron chi connectivity index (χ1n) is 7.29. The van der Waals surface area contributed by atoms with Gasteiger partial charge >= 0.3 is 5.97 Å². The maximum atomic E-state index is 11.8. The minimum Gasteiger partial charge on any atom is -0.545 e. The third-order valence-corrected chi connectivity index (χ3v) is 2.84. The van der Waals surface area contributed by atoms with Crippen molar-refractivity contribution in [1.29, 1.82) is 0 Å². The van der Waals surface area contributed by atoms with E-state index >= 15 is 0 Å². The molecule has 0 N–H and O–H groups in total. The van der Waals surface area contributed by atoms with E-state index in [1.165, 1.54) is 18.2 Å². The highest BCUT2D eigenvalue weighted by Crippen LogP contribution is 2.09. The molecule has 0 saturated heterocycles. The van der Waals surface area contributed by atoms with Crippen molar-refractivity contribution in [3.05, 3.63) is 35.4 Å². The number of aromatic carboxylic acids is 1. The quantitative estimate of drug-likeness (QED) is 0.448. The van der Waals surface area contributed by atoms with E-state index in [9.17, 15) is 14.7 Å². The molecule has 6 heteroatoms. The predicted molar refractivity (Wildman–Crippen MR) is 77.6 cm³/mol. The first-order valence-corrected chi connectivity index (χ1v) is 7.29. The van der Waals surface area contributed by atoms with E-state index in [1.807, 2.05) is 0 Å². The summed E-state index contributed by atoms with van der Waals surface area (Å²) in [5.41, 5.74) is -0.205. The second-order valence-corrected chi connectivity index (χ2v) is 4.55. The van der Waals surface area contributed by atoms with E-state index in [2.05, 4.69) is 6.92 Å². The highest BCUT2D eigenvalue weighted by Gasteiger charge is 2.12. The van der Waals surface area contributed by atoms with E-state index in [0.29, 0.717) is 13.2 Å². The molecule has 0 spiro atoms. The van der Waals surface area contributed by atoms with E-state index in [0.717, 1.165) is 19.4 Å². The number of esters is 1. The van der Waals surface area contributed by atoms with Crippen molar-refractivity contribution in [2.45, 2.75) is 19.8 Å². The van der Waals surface area contributed by atoms with Crippen molar-refractivity contribution in [2.24, 2.45) is 0 Å². The molecule has 0 amide bonds. The lowest BCUT2D eigenvalue weighted by molar-refractivity contribution is -0.255. The highest BCUT2D eigenvalue weighted by atomic mass is 16.6. The van der Waals surface area contributed by atoms with Gasteiger partial charge in [0.25, 0.3) is 0 Å². The summed E-state index contributed by atoms with van der Waals surface area (Å²) in [7, 11) is 0. The summed E-state index contributed by atoms with van der Waals surface area (Å²) in [6.45, 7) is 4.02. The Morgan fingerprint density at radius 2 is 1.55 bits per heavy atom. The SMILES string of the molecule is CCCCOCCOCCOC(=O)c1ccccc1C(=O)[O-]. The number of ether oxygens (including phenoxy) is 3. The lowest BCUT2D eigenvalue weighted by Gasteiger charge is -2.10. The summed E-state index contributed by atoms with van der Waals surface area (Å²) in [6, 6.07) is 5.77. The van der Waals surface area contributed by atoms with E-state index in [-0.39, 0.29) is 24.3 Å². The molecule has 0 saturated carbocycles. The van der Waals surface area contributed by atoms with Gasteiger partial charge in [0, 0.05) is 12.2 Å². The van der Waals surface area contributed by atoms with Gasteiger partial charge in [-0.25, -0.2) is 4.79 Å². The molecule has 0 bridgehead atoms. The van der Waals surface area contributed by atoms with Gasteiger partial charge in [-0.3, -0.25) is 0 Å². The molecule has 0 aliphatic rings. The van der Waals surface area contributed by atoms with Gasteiger partial charge < -0.3 is 24.1 Å². The summed E-state index contributed by atoms with van der Waals surface area (Å²) in [6.07, 6.45) is 2.11. The zero-order valence-electron chi connectivity index (χ0n) is 12.7. The van der Waals surface area contributed by atoms with Crippen LogP contribution in [-0.4, -0.2) is 45.0 Å². The number of unbranched alkanes of at least 4 members (excludes halogenated alkanes) is 1. The second kappa shape index (κ2) is 10.8. The molecule has 0 aliphatic carbocycles. The first-order chi connectivity index (χ1) is 10.7. The van der Waals surface area contributed by atoms with Crippen LogP contribution in [0.1, 0.15) is 40.5 Å². The molecular formula is C16H21O6-. The Labute approximate surface area is 130 Å². The fourth-order valence-corrected chi connectivity index (χ4v) is 1.68. The van der Waals surface area contributed by atoms with Gasteiger partial charge in [-0.2, -0.15) is 0 Å². The Bertz CT molecular complexity index is 471. The Kier molecular flexibility index (Phi) is 8.86. The Morgan fingerprint density at radius 1 is 0.955 bits per heavy atom. The molecule has 0 aliphatic heterocycles. The minimum absolute atomic E-state index is 0.0228. The summed E-state index contributed by atoms with van der Waals surface area (Å²) in [5, 5.41) is 10.9. The van der Waals surface area contributed by atoms with Crippen LogP contribution in [0.15, 0.2) is 24.3 Å². The molecule has 0 fully saturated rings. The van der Waals surface area contributed by atoms with Crippen LogP contribution in [0, 0.1) is 0 Å². The van der Waals surface area contributed by atoms with Crippen molar-refractivity contribution in [3.63, 3.8) is 0 Å². The van der Waals surface area contributed by atoms with E-state index in [1.54, 1.807) is 6.07 Å². The fourth-order valence-electron chi connectivity index (χ4n) is 1.68. The first kappa shape index (κ1) is 18.1. The van der Waals surface area contributed by atoms with Crippen molar-refractivity contribution < 1.29 is 28.9 Å². The third-order valence-electron chi connectivity index (χ3n) is 2.84. The summed E-state index contributed by atoms with van der Waals surface area (Å²) in [4.78, 5) is 22.7. The molecule has 22 heavy (non-hydrogen) atoms. The van der Waals surface area contributed by atoms with Crippen LogP contribution in [0.5, 0.6) is 0 Å². The van der Waals surface area contributed by atoms with Crippen molar-refractivity contribution in [3.8, 4) is 0 Å². The number of carbonyl (C=O) groups is 2. The Morgan fingerprint density at radius 3 is 2.18 bits per heavy atom. The smallest absolute Gasteiger partial charge is 0.338 e. The average molecular weight is 309 g/mol. The minimum atomic E-state index is -1.41. The number of carbonyl (C=O) groups excluding carboxylic acids is 2. The number of benzene rings is 1. The lowest BCUT2D eigenvalue weighted by Crippen LogP contribution is -2.25. The van der Waals surface area contributed by atoms with Gasteiger partial charge in [0.15, 0.2) is 0 Å². The molecular weight excluding hydrogens is 288 g/mol. The molecule has 6 nitrogen and oxygen atoms in total. The summed E-state index contributed by atoms with van der Waals surface area (Å²) >= 11 is 0. The summed E-state index contributed by atoms with van der Waals surface area (Å²) in [5.74, 6) is -2.12. The molecule has 0 heterocycles. The van der Waals surface area contributed by atoms with Crippen LogP contribution in [0.4, 0.5) is 0 Å². The normalized spacial score (nSPS) is 10.4. The Balaban J connectivity index is 2.20. The third kappa shape index (κ3) is 6.69. The van der Waals surface area contributed by atoms with Crippen LogP contribution in [0.25, 0.3) is 0 Å². The second-order valence-electron chi connectivity index (χ2n) is 4.55. The largest absolute Gasteiger partial charge is 0.545 e. The van der Waals surface area contributed by atoms with Gasteiger partial charge in [-0.05, 0) is 12.5 Å². The van der Waals surface area contributed by atoms with E-state index in [4.69, 9.17) is 14.2 Å². The number of carboxylic acid groups (broad SMARTS) is 1. The molecule has 0 atom stereocenters. The van der Waals surface area contributed by atoms with Gasteiger partial charge in [0.1, 0.15) is 6.61 Å². The van der Waals surface area contributed by atoms with E-state index < -0.39 is 11.9 Å². The number of hydrogen-bond donors (Lipinski definition) is 0. The zero-order valence-corrected chi connectivity index (χ0v) is 12.7. The predicted octanol–water partition coefficient (Wildman–Crippen LogP) is 1.04. The van der Waals surface area contributed by atoms with Gasteiger partial charge in [0.2, 0.25) is 0 Å². The van der Waals surface area contributed by atoms with Gasteiger partial charge in [0.05, 0.1) is 31.4 Å². The Hall–Kier alpha value is -1.92. The molecule has 0 radical (unpaired) electrons. The van der Waals surface area contributed by atoms with Crippen molar-refractivity contribution >= 4 is 11.9 Å². The van der Waals surface area contributed by atoms with Crippen LogP contribution in [0.3, 0.4) is 0 Å². The van der Waals surface area contributed by atoms with Crippen LogP contribution >= 0.6 is 0 Å². The lowest BCUT2D eigenvalue weighted by atomic mass is 10.1. The molecule has 1 aromatic carbocycles. The maximum Gasteiger partial charge on any atom is 0.338 e. The number of rotatable bonds is 11. The van der Waals surface area contributed by atoms with Crippen LogP contribution < -0.4 is 5.11 Å². The van der Waals surface area contributed by atoms with Gasteiger partial charge in [-0.15, -0.1) is 0 Å². The molecule has 0 unspecified atom stereocenters. The van der Waals surface area contributed by atoms with Crippen LogP contribution in [-0.2, 0) is 14.2 Å². The fraction of sp³-hybridized carbons (Fsp3) is 0.500. The standard InChI is InChI=1S/C16H22O6/c1-2-3-8-20-9-10-21-11-12-22-16(19)14-7-5-4-6-13(14)15(17)18/h4-7H,2-3,8-12H2,1H3,(H,17,18)/p-1. The monoisotopic (exact) mass is 309 g/mol. The van der Waals surface area contributed by atoms with Gasteiger partial charge in [-0.1, -0.05) is 31.5 Å². The van der Waals surface area contributed by atoms with Crippen molar-refractivity contribution in [2.75, 3.05) is 33.0 Å². The average Bonchev–Trinajstić information content (AvgIpc) is 2.53. The number of carboxylic acids is 1.